The van der Waals surface area contributed by atoms with Crippen molar-refractivity contribution in [3.8, 4) is 0 Å². The summed E-state index contributed by atoms with van der Waals surface area (Å²) in [6.45, 7) is 0.818. The largest absolute Gasteiger partial charge is 0.356 e. The van der Waals surface area contributed by atoms with Crippen LogP contribution in [0.15, 0.2) is 11.6 Å². The highest BCUT2D eigenvalue weighted by Gasteiger charge is 2.36. The number of carbonyl (C=O) groups excluding carboxylic acids is 2. The molecule has 0 bridgehead atoms. The van der Waals surface area contributed by atoms with E-state index in [0.29, 0.717) is 11.8 Å². The molecule has 1 aromatic heterocycles. The summed E-state index contributed by atoms with van der Waals surface area (Å²) >= 11 is 1.65. The van der Waals surface area contributed by atoms with Crippen molar-refractivity contribution >= 4 is 23.2 Å². The molecule has 5 nitrogen and oxygen atoms in total. The number of rotatable bonds is 7. The lowest BCUT2D eigenvalue weighted by Crippen LogP contribution is -2.39. The van der Waals surface area contributed by atoms with Gasteiger partial charge in [-0.2, -0.15) is 0 Å². The first-order valence-corrected chi connectivity index (χ1v) is 12.1. The Morgan fingerprint density at radius 2 is 1.68 bits per heavy atom. The molecule has 1 aromatic rings. The van der Waals surface area contributed by atoms with Gasteiger partial charge in [-0.15, -0.1) is 11.3 Å². The van der Waals surface area contributed by atoms with Crippen LogP contribution in [0.2, 0.25) is 0 Å². The minimum atomic E-state index is 0.0610. The van der Waals surface area contributed by atoms with E-state index in [1.54, 1.807) is 11.3 Å². The maximum absolute atomic E-state index is 12.4. The van der Waals surface area contributed by atoms with E-state index in [4.69, 9.17) is 0 Å². The summed E-state index contributed by atoms with van der Waals surface area (Å²) in [5, 5.41) is 9.57. The highest BCUT2D eigenvalue weighted by molar-refractivity contribution is 7.09. The monoisotopic (exact) mass is 403 g/mol. The fourth-order valence-corrected chi connectivity index (χ4v) is 5.65. The minimum absolute atomic E-state index is 0.0610. The summed E-state index contributed by atoms with van der Waals surface area (Å²) in [4.78, 5) is 29.3. The number of nitrogens with one attached hydrogen (secondary N) is 2. The standard InChI is InChI=1S/C22H33N3O2S/c26-20(17-4-2-1-3-5-17)24-14-15-6-8-16(9-7-15)19(22-23-12-13-28-22)25-21(27)18-10-11-18/h12-13,15-19H,1-11,14H2,(H,24,26)(H,25,27). The highest BCUT2D eigenvalue weighted by Crippen LogP contribution is 2.39. The molecule has 0 saturated heterocycles. The van der Waals surface area contributed by atoms with Crippen molar-refractivity contribution in [2.75, 3.05) is 6.54 Å². The quantitative estimate of drug-likeness (QED) is 0.716. The highest BCUT2D eigenvalue weighted by atomic mass is 32.1. The zero-order valence-electron chi connectivity index (χ0n) is 16.7. The maximum atomic E-state index is 12.4. The zero-order chi connectivity index (χ0) is 19.3. The Morgan fingerprint density at radius 1 is 0.964 bits per heavy atom. The van der Waals surface area contributed by atoms with Crippen LogP contribution < -0.4 is 10.6 Å². The second-order valence-electron chi connectivity index (χ2n) is 8.99. The normalized spacial score (nSPS) is 27.1. The van der Waals surface area contributed by atoms with Crippen molar-refractivity contribution in [3.05, 3.63) is 16.6 Å². The number of amides is 2. The first-order chi connectivity index (χ1) is 13.7. The maximum Gasteiger partial charge on any atom is 0.223 e. The van der Waals surface area contributed by atoms with E-state index in [2.05, 4.69) is 15.6 Å². The Morgan fingerprint density at radius 3 is 2.32 bits per heavy atom. The molecule has 3 aliphatic rings. The molecule has 1 heterocycles. The van der Waals surface area contributed by atoms with Gasteiger partial charge in [0.15, 0.2) is 0 Å². The molecule has 1 unspecified atom stereocenters. The third-order valence-corrected chi connectivity index (χ3v) is 7.73. The van der Waals surface area contributed by atoms with Crippen LogP contribution in [0.3, 0.4) is 0 Å². The molecule has 6 heteroatoms. The third kappa shape index (κ3) is 5.13. The summed E-state index contributed by atoms with van der Waals surface area (Å²) in [5.74, 6) is 1.99. The topological polar surface area (TPSA) is 71.1 Å². The lowest BCUT2D eigenvalue weighted by molar-refractivity contribution is -0.126. The van der Waals surface area contributed by atoms with Gasteiger partial charge in [0.2, 0.25) is 11.8 Å². The van der Waals surface area contributed by atoms with Gasteiger partial charge in [-0.1, -0.05) is 19.3 Å². The van der Waals surface area contributed by atoms with Gasteiger partial charge < -0.3 is 10.6 Å². The average molecular weight is 404 g/mol. The first-order valence-electron chi connectivity index (χ1n) is 11.2. The molecular weight excluding hydrogens is 370 g/mol. The Kier molecular flexibility index (Phi) is 6.65. The summed E-state index contributed by atoms with van der Waals surface area (Å²) in [5.41, 5.74) is 0. The lowest BCUT2D eigenvalue weighted by atomic mass is 9.78. The Labute approximate surface area is 172 Å². The molecule has 1 atom stereocenters. The van der Waals surface area contributed by atoms with Gasteiger partial charge in [0.05, 0.1) is 6.04 Å². The Bertz CT molecular complexity index is 645. The summed E-state index contributed by atoms with van der Waals surface area (Å²) in [6.07, 6.45) is 14.2. The van der Waals surface area contributed by atoms with Crippen LogP contribution in [0, 0.1) is 23.7 Å². The fourth-order valence-electron chi connectivity index (χ4n) is 4.87. The number of nitrogens with zero attached hydrogens (tertiary/aromatic N) is 1. The van der Waals surface area contributed by atoms with Crippen LogP contribution in [-0.2, 0) is 9.59 Å². The van der Waals surface area contributed by atoms with E-state index in [0.717, 1.165) is 62.9 Å². The molecule has 2 amide bonds. The molecule has 0 radical (unpaired) electrons. The van der Waals surface area contributed by atoms with E-state index < -0.39 is 0 Å². The Hall–Kier alpha value is -1.43. The van der Waals surface area contributed by atoms with Crippen LogP contribution in [0.5, 0.6) is 0 Å². The van der Waals surface area contributed by atoms with Crippen LogP contribution in [0.4, 0.5) is 0 Å². The Balaban J connectivity index is 1.25. The van der Waals surface area contributed by atoms with E-state index in [1.165, 1.54) is 19.3 Å². The zero-order valence-corrected chi connectivity index (χ0v) is 17.5. The number of hydrogen-bond acceptors (Lipinski definition) is 4. The smallest absolute Gasteiger partial charge is 0.223 e. The lowest BCUT2D eigenvalue weighted by Gasteiger charge is -2.34. The second kappa shape index (κ2) is 9.38. The van der Waals surface area contributed by atoms with E-state index >= 15 is 0 Å². The molecule has 3 fully saturated rings. The fraction of sp³-hybridized carbons (Fsp3) is 0.773. The van der Waals surface area contributed by atoms with Gasteiger partial charge in [-0.3, -0.25) is 9.59 Å². The molecule has 2 N–H and O–H groups in total. The van der Waals surface area contributed by atoms with Gasteiger partial charge in [0.25, 0.3) is 0 Å². The summed E-state index contributed by atoms with van der Waals surface area (Å²) < 4.78 is 0. The molecule has 3 aliphatic carbocycles. The number of aromatic nitrogens is 1. The van der Waals surface area contributed by atoms with Crippen molar-refractivity contribution in [2.45, 2.75) is 76.7 Å². The van der Waals surface area contributed by atoms with Crippen molar-refractivity contribution in [1.29, 1.82) is 0 Å². The molecule has 28 heavy (non-hydrogen) atoms. The minimum Gasteiger partial charge on any atom is -0.356 e. The van der Waals surface area contributed by atoms with Gasteiger partial charge in [-0.25, -0.2) is 4.98 Å². The predicted octanol–water partition coefficient (Wildman–Crippen LogP) is 4.21. The molecule has 0 aromatic carbocycles. The first kappa shape index (κ1) is 19.9. The molecular formula is C22H33N3O2S. The number of carbonyl (C=O) groups is 2. The van der Waals surface area contributed by atoms with E-state index in [1.807, 2.05) is 11.6 Å². The van der Waals surface area contributed by atoms with E-state index in [-0.39, 0.29) is 29.7 Å². The second-order valence-corrected chi connectivity index (χ2v) is 9.92. The molecule has 0 spiro atoms. The van der Waals surface area contributed by atoms with Crippen LogP contribution in [0.25, 0.3) is 0 Å². The van der Waals surface area contributed by atoms with Crippen molar-refractivity contribution in [2.24, 2.45) is 23.7 Å². The third-order valence-electron chi connectivity index (χ3n) is 6.87. The van der Waals surface area contributed by atoms with Crippen LogP contribution in [0.1, 0.15) is 81.7 Å². The number of thiazole rings is 1. The van der Waals surface area contributed by atoms with Crippen molar-refractivity contribution < 1.29 is 9.59 Å². The van der Waals surface area contributed by atoms with Crippen LogP contribution >= 0.6 is 11.3 Å². The predicted molar refractivity (Wildman–Crippen MR) is 111 cm³/mol. The van der Waals surface area contributed by atoms with Crippen molar-refractivity contribution in [3.63, 3.8) is 0 Å². The van der Waals surface area contributed by atoms with Crippen molar-refractivity contribution in [1.82, 2.24) is 15.6 Å². The molecule has 4 rings (SSSR count). The van der Waals surface area contributed by atoms with Gasteiger partial charge in [0, 0.05) is 30.0 Å². The molecule has 154 valence electrons. The SMILES string of the molecule is O=C(NCC1CCC(C(NC(=O)C2CC2)c2nccs2)CC1)C1CCCCC1. The number of hydrogen-bond donors (Lipinski definition) is 2. The summed E-state index contributed by atoms with van der Waals surface area (Å²) in [6, 6.07) is 0.0610. The van der Waals surface area contributed by atoms with Gasteiger partial charge >= 0.3 is 0 Å². The summed E-state index contributed by atoms with van der Waals surface area (Å²) in [7, 11) is 0. The van der Waals surface area contributed by atoms with Gasteiger partial charge in [0.1, 0.15) is 5.01 Å². The molecule has 0 aliphatic heterocycles. The van der Waals surface area contributed by atoms with Gasteiger partial charge in [-0.05, 0) is 63.2 Å². The van der Waals surface area contributed by atoms with E-state index in [9.17, 15) is 9.59 Å². The van der Waals surface area contributed by atoms with Crippen LogP contribution in [-0.4, -0.2) is 23.3 Å². The molecule has 3 saturated carbocycles. The average Bonchev–Trinajstić information content (AvgIpc) is 3.46.